The van der Waals surface area contributed by atoms with Gasteiger partial charge >= 0.3 is 12.1 Å². The number of nitriles is 1. The summed E-state index contributed by atoms with van der Waals surface area (Å²) < 4.78 is 44.3. The first kappa shape index (κ1) is 15.9. The lowest BCUT2D eigenvalue weighted by atomic mass is 10.1. The number of alkyl halides is 3. The van der Waals surface area contributed by atoms with Crippen molar-refractivity contribution in [3.63, 3.8) is 0 Å². The fourth-order valence-corrected chi connectivity index (χ4v) is 3.25. The van der Waals surface area contributed by atoms with E-state index in [9.17, 15) is 18.0 Å². The summed E-state index contributed by atoms with van der Waals surface area (Å²) in [5.74, 6) is -0.0844. The predicted molar refractivity (Wildman–Crippen MR) is 73.7 cm³/mol. The number of aromatic nitrogens is 1. The summed E-state index contributed by atoms with van der Waals surface area (Å²) in [5, 5.41) is 8.39. The molecule has 1 saturated carbocycles. The van der Waals surface area contributed by atoms with Gasteiger partial charge in [-0.2, -0.15) is 18.4 Å². The number of nitrogens with zero attached hydrogens (tertiary/aromatic N) is 3. The fourth-order valence-electron chi connectivity index (χ4n) is 3.02. The Morgan fingerprint density at radius 2 is 2.09 bits per heavy atom. The Morgan fingerprint density at radius 1 is 1.48 bits per heavy atom. The minimum atomic E-state index is -4.69. The Bertz CT molecular complexity index is 704. The number of halogens is 4. The molecule has 0 aromatic carbocycles. The van der Waals surface area contributed by atoms with E-state index in [4.69, 9.17) is 21.6 Å². The Kier molecular flexibility index (Phi) is 3.64. The molecule has 1 aliphatic heterocycles. The van der Waals surface area contributed by atoms with Gasteiger partial charge in [0.05, 0.1) is 5.56 Å². The number of ether oxygens (including phenoxy) is 1. The van der Waals surface area contributed by atoms with E-state index in [1.165, 1.54) is 13.0 Å². The van der Waals surface area contributed by atoms with Crippen LogP contribution >= 0.6 is 11.6 Å². The standard InChI is InChI=1S/C14H11ClF3N3O2/c1-6(22)23-12-8-4-21(5-9(8)12)11-2-10(14(16,17)18)7(3-19)13(15)20-11/h2,8-9,12H,4-5H2,1H3. The smallest absolute Gasteiger partial charge is 0.417 e. The molecule has 0 spiro atoms. The second kappa shape index (κ2) is 5.27. The lowest BCUT2D eigenvalue weighted by Crippen LogP contribution is -2.28. The molecule has 1 aromatic rings. The van der Waals surface area contributed by atoms with Gasteiger partial charge in [-0.15, -0.1) is 0 Å². The summed E-state index contributed by atoms with van der Waals surface area (Å²) in [7, 11) is 0. The second-order valence-electron chi connectivity index (χ2n) is 5.61. The van der Waals surface area contributed by atoms with Crippen molar-refractivity contribution in [1.29, 1.82) is 5.26 Å². The zero-order chi connectivity index (χ0) is 16.9. The summed E-state index contributed by atoms with van der Waals surface area (Å²) in [6.07, 6.45) is -4.85. The Morgan fingerprint density at radius 3 is 2.57 bits per heavy atom. The number of carbonyl (C=O) groups excluding carboxylic acids is 1. The van der Waals surface area contributed by atoms with Crippen molar-refractivity contribution in [2.75, 3.05) is 18.0 Å². The summed E-state index contributed by atoms with van der Waals surface area (Å²) >= 11 is 5.73. The molecule has 0 bridgehead atoms. The topological polar surface area (TPSA) is 66.2 Å². The van der Waals surface area contributed by atoms with Crippen LogP contribution in [0.15, 0.2) is 6.07 Å². The average molecular weight is 346 g/mol. The van der Waals surface area contributed by atoms with Gasteiger partial charge in [-0.1, -0.05) is 11.6 Å². The Balaban J connectivity index is 1.83. The number of carbonyl (C=O) groups is 1. The van der Waals surface area contributed by atoms with Gasteiger partial charge in [0, 0.05) is 31.8 Å². The maximum absolute atomic E-state index is 13.1. The summed E-state index contributed by atoms with van der Waals surface area (Å²) in [5.41, 5.74) is -1.77. The Hall–Kier alpha value is -2.01. The van der Waals surface area contributed by atoms with Crippen molar-refractivity contribution >= 4 is 23.4 Å². The third-order valence-electron chi connectivity index (χ3n) is 4.12. The number of hydrogen-bond acceptors (Lipinski definition) is 5. The molecule has 2 heterocycles. The molecular formula is C14H11ClF3N3O2. The van der Waals surface area contributed by atoms with E-state index in [0.29, 0.717) is 13.1 Å². The van der Waals surface area contributed by atoms with Crippen molar-refractivity contribution in [1.82, 2.24) is 4.98 Å². The van der Waals surface area contributed by atoms with Crippen LogP contribution in [0, 0.1) is 23.2 Å². The molecule has 122 valence electrons. The average Bonchev–Trinajstić information content (AvgIpc) is 2.89. The number of hydrogen-bond donors (Lipinski definition) is 0. The van der Waals surface area contributed by atoms with Gasteiger partial charge < -0.3 is 9.64 Å². The molecule has 2 atom stereocenters. The Labute approximate surface area is 134 Å². The minimum Gasteiger partial charge on any atom is -0.462 e. The molecule has 5 nitrogen and oxygen atoms in total. The molecule has 23 heavy (non-hydrogen) atoms. The van der Waals surface area contributed by atoms with E-state index in [0.717, 1.165) is 6.07 Å². The molecule has 0 N–H and O–H groups in total. The highest BCUT2D eigenvalue weighted by atomic mass is 35.5. The second-order valence-corrected chi connectivity index (χ2v) is 5.97. The van der Waals surface area contributed by atoms with E-state index in [1.807, 2.05) is 0 Å². The molecule has 2 fully saturated rings. The van der Waals surface area contributed by atoms with Gasteiger partial charge in [0.1, 0.15) is 28.7 Å². The van der Waals surface area contributed by atoms with Crippen LogP contribution in [0.2, 0.25) is 5.15 Å². The molecular weight excluding hydrogens is 335 g/mol. The first-order valence-electron chi connectivity index (χ1n) is 6.82. The number of pyridine rings is 1. The SMILES string of the molecule is CC(=O)OC1C2CN(c3cc(C(F)(F)F)c(C#N)c(Cl)n3)CC21. The van der Waals surface area contributed by atoms with Crippen LogP contribution < -0.4 is 4.90 Å². The summed E-state index contributed by atoms with van der Waals surface area (Å²) in [6, 6.07) is 2.29. The van der Waals surface area contributed by atoms with Crippen LogP contribution in [0.4, 0.5) is 19.0 Å². The van der Waals surface area contributed by atoms with Crippen LogP contribution in [-0.2, 0) is 15.7 Å². The number of esters is 1. The molecule has 1 aliphatic carbocycles. The van der Waals surface area contributed by atoms with E-state index < -0.39 is 22.5 Å². The molecule has 2 unspecified atom stereocenters. The van der Waals surface area contributed by atoms with Crippen molar-refractivity contribution in [2.24, 2.45) is 11.8 Å². The fraction of sp³-hybridized carbons (Fsp3) is 0.500. The minimum absolute atomic E-state index is 0.0788. The highest BCUT2D eigenvalue weighted by molar-refractivity contribution is 6.30. The monoisotopic (exact) mass is 345 g/mol. The van der Waals surface area contributed by atoms with Crippen LogP contribution in [0.3, 0.4) is 0 Å². The van der Waals surface area contributed by atoms with E-state index >= 15 is 0 Å². The van der Waals surface area contributed by atoms with Gasteiger partial charge in [0.2, 0.25) is 0 Å². The van der Waals surface area contributed by atoms with Gasteiger partial charge in [0.15, 0.2) is 0 Å². The van der Waals surface area contributed by atoms with E-state index in [2.05, 4.69) is 4.98 Å². The lowest BCUT2D eigenvalue weighted by molar-refractivity contribution is -0.143. The normalized spacial score (nSPS) is 25.7. The van der Waals surface area contributed by atoms with Crippen molar-refractivity contribution in [3.05, 3.63) is 22.3 Å². The molecule has 1 saturated heterocycles. The zero-order valence-corrected chi connectivity index (χ0v) is 12.6. The highest BCUT2D eigenvalue weighted by Crippen LogP contribution is 2.49. The van der Waals surface area contributed by atoms with Crippen molar-refractivity contribution in [2.45, 2.75) is 19.2 Å². The van der Waals surface area contributed by atoms with Crippen molar-refractivity contribution in [3.8, 4) is 6.07 Å². The third-order valence-corrected chi connectivity index (χ3v) is 4.39. The molecule has 0 radical (unpaired) electrons. The molecule has 2 aliphatic rings. The first-order chi connectivity index (χ1) is 10.7. The maximum atomic E-state index is 13.1. The highest BCUT2D eigenvalue weighted by Gasteiger charge is 2.58. The van der Waals surface area contributed by atoms with Crippen LogP contribution in [0.1, 0.15) is 18.1 Å². The number of anilines is 1. The summed E-state index contributed by atoms with van der Waals surface area (Å²) in [4.78, 5) is 16.5. The quantitative estimate of drug-likeness (QED) is 0.609. The largest absolute Gasteiger partial charge is 0.462 e. The molecule has 3 rings (SSSR count). The van der Waals surface area contributed by atoms with Crippen LogP contribution in [-0.4, -0.2) is 30.1 Å². The summed E-state index contributed by atoms with van der Waals surface area (Å²) in [6.45, 7) is 2.20. The van der Waals surface area contributed by atoms with Crippen LogP contribution in [0.25, 0.3) is 0 Å². The van der Waals surface area contributed by atoms with E-state index in [1.54, 1.807) is 4.90 Å². The van der Waals surface area contributed by atoms with E-state index in [-0.39, 0.29) is 29.7 Å². The third kappa shape index (κ3) is 2.81. The van der Waals surface area contributed by atoms with Crippen LogP contribution in [0.5, 0.6) is 0 Å². The van der Waals surface area contributed by atoms with Gasteiger partial charge in [0.25, 0.3) is 0 Å². The first-order valence-corrected chi connectivity index (χ1v) is 7.20. The molecule has 1 aromatic heterocycles. The molecule has 0 amide bonds. The number of fused-ring (bicyclic) bond motifs is 1. The molecule has 9 heteroatoms. The number of rotatable bonds is 2. The lowest BCUT2D eigenvalue weighted by Gasteiger charge is -2.22. The maximum Gasteiger partial charge on any atom is 0.417 e. The predicted octanol–water partition coefficient (Wildman–Crippen LogP) is 2.62. The zero-order valence-electron chi connectivity index (χ0n) is 11.9. The van der Waals surface area contributed by atoms with Gasteiger partial charge in [-0.05, 0) is 6.07 Å². The van der Waals surface area contributed by atoms with Gasteiger partial charge in [-0.3, -0.25) is 4.79 Å². The van der Waals surface area contributed by atoms with Crippen molar-refractivity contribution < 1.29 is 22.7 Å². The number of piperidine rings is 1. The van der Waals surface area contributed by atoms with Gasteiger partial charge in [-0.25, -0.2) is 4.98 Å².